The molecule has 0 amide bonds. The van der Waals surface area contributed by atoms with Gasteiger partial charge in [0.25, 0.3) is 0 Å². The van der Waals surface area contributed by atoms with Gasteiger partial charge in [-0.2, -0.15) is 5.10 Å². The van der Waals surface area contributed by atoms with Crippen molar-refractivity contribution in [2.24, 2.45) is 5.10 Å². The van der Waals surface area contributed by atoms with E-state index in [1.54, 1.807) is 6.92 Å². The van der Waals surface area contributed by atoms with Crippen LogP contribution in [0.1, 0.15) is 13.8 Å². The highest BCUT2D eigenvalue weighted by atomic mass is 19.1. The number of hydrazone groups is 1. The van der Waals surface area contributed by atoms with Gasteiger partial charge in [-0.1, -0.05) is 0 Å². The van der Waals surface area contributed by atoms with Crippen LogP contribution in [0, 0.1) is 11.6 Å². The van der Waals surface area contributed by atoms with Gasteiger partial charge in [0.05, 0.1) is 12.3 Å². The number of nitrogens with zero attached hydrogens (tertiary/aromatic N) is 1. The molecule has 1 aromatic rings. The lowest BCUT2D eigenvalue weighted by Crippen LogP contribution is -2.15. The maximum absolute atomic E-state index is 12.8. The van der Waals surface area contributed by atoms with Crippen molar-refractivity contribution in [2.75, 3.05) is 12.0 Å². The molecule has 0 atom stereocenters. The number of nitrogens with one attached hydrogen (secondary N) is 1. The predicted molar refractivity (Wildman–Crippen MR) is 59.7 cm³/mol. The Bertz CT molecular complexity index is 427. The minimum atomic E-state index is -0.725. The third kappa shape index (κ3) is 4.18. The molecule has 0 bridgehead atoms. The van der Waals surface area contributed by atoms with Crippen molar-refractivity contribution in [1.82, 2.24) is 0 Å². The highest BCUT2D eigenvalue weighted by Gasteiger charge is 2.06. The molecule has 0 aliphatic carbocycles. The van der Waals surface area contributed by atoms with Crippen LogP contribution in [0.5, 0.6) is 0 Å². The van der Waals surface area contributed by atoms with Crippen molar-refractivity contribution in [3.05, 3.63) is 29.8 Å². The first-order valence-electron chi connectivity index (χ1n) is 4.96. The van der Waals surface area contributed by atoms with E-state index in [1.165, 1.54) is 6.92 Å². The summed E-state index contributed by atoms with van der Waals surface area (Å²) in [6, 6.07) is 2.86. The van der Waals surface area contributed by atoms with Gasteiger partial charge >= 0.3 is 5.97 Å². The van der Waals surface area contributed by atoms with Crippen LogP contribution in [0.4, 0.5) is 14.5 Å². The third-order valence-corrected chi connectivity index (χ3v) is 1.79. The Morgan fingerprint density at radius 1 is 1.35 bits per heavy atom. The summed E-state index contributed by atoms with van der Waals surface area (Å²) >= 11 is 0. The Balaban J connectivity index is 2.71. The molecule has 1 N–H and O–H groups in total. The smallest absolute Gasteiger partial charge is 0.354 e. The van der Waals surface area contributed by atoms with Crippen LogP contribution in [0.15, 0.2) is 23.3 Å². The second-order valence-electron chi connectivity index (χ2n) is 3.19. The summed E-state index contributed by atoms with van der Waals surface area (Å²) in [6.07, 6.45) is 0. The largest absolute Gasteiger partial charge is 0.461 e. The highest BCUT2D eigenvalue weighted by molar-refractivity contribution is 6.35. The summed E-state index contributed by atoms with van der Waals surface area (Å²) in [5.74, 6) is -2.04. The van der Waals surface area contributed by atoms with Crippen molar-refractivity contribution < 1.29 is 18.3 Å². The first kappa shape index (κ1) is 13.1. The van der Waals surface area contributed by atoms with Crippen LogP contribution in [0.25, 0.3) is 0 Å². The van der Waals surface area contributed by atoms with E-state index in [0.717, 1.165) is 18.2 Å². The van der Waals surface area contributed by atoms with Gasteiger partial charge in [-0.15, -0.1) is 0 Å². The normalized spacial score (nSPS) is 11.2. The van der Waals surface area contributed by atoms with E-state index in [4.69, 9.17) is 0 Å². The van der Waals surface area contributed by atoms with Crippen molar-refractivity contribution in [3.8, 4) is 0 Å². The number of hydrogen-bond donors (Lipinski definition) is 1. The summed E-state index contributed by atoms with van der Waals surface area (Å²) in [5, 5.41) is 3.65. The Morgan fingerprint density at radius 2 is 1.94 bits per heavy atom. The maximum Gasteiger partial charge on any atom is 0.354 e. The number of carbonyl (C=O) groups is 1. The average Bonchev–Trinajstić information content (AvgIpc) is 2.25. The number of anilines is 1. The minimum Gasteiger partial charge on any atom is -0.461 e. The lowest BCUT2D eigenvalue weighted by Gasteiger charge is -2.03. The third-order valence-electron chi connectivity index (χ3n) is 1.79. The standard InChI is InChI=1S/C11H12F2N2O2/c1-3-17-11(16)7(2)14-15-10-5-8(12)4-9(13)6-10/h4-6,15H,3H2,1-2H3. The Labute approximate surface area is 97.3 Å². The molecular weight excluding hydrogens is 230 g/mol. The van der Waals surface area contributed by atoms with Crippen molar-refractivity contribution in [2.45, 2.75) is 13.8 Å². The molecule has 0 spiro atoms. The molecule has 0 radical (unpaired) electrons. The number of esters is 1. The quantitative estimate of drug-likeness (QED) is 0.500. The lowest BCUT2D eigenvalue weighted by molar-refractivity contribution is -0.135. The minimum absolute atomic E-state index is 0.0662. The van der Waals surface area contributed by atoms with Crippen LogP contribution in [-0.4, -0.2) is 18.3 Å². The number of carbonyl (C=O) groups excluding carboxylic acids is 1. The van der Waals surface area contributed by atoms with Crippen LogP contribution < -0.4 is 5.43 Å². The Hall–Kier alpha value is -1.98. The molecule has 4 nitrogen and oxygen atoms in total. The van der Waals surface area contributed by atoms with Crippen molar-refractivity contribution in [3.63, 3.8) is 0 Å². The number of hydrogen-bond acceptors (Lipinski definition) is 4. The molecule has 6 heteroatoms. The summed E-state index contributed by atoms with van der Waals surface area (Å²) in [6.45, 7) is 3.33. The molecule has 17 heavy (non-hydrogen) atoms. The molecule has 0 aromatic heterocycles. The van der Waals surface area contributed by atoms with Crippen LogP contribution >= 0.6 is 0 Å². The summed E-state index contributed by atoms with van der Waals surface area (Å²) in [5.41, 5.74) is 2.56. The molecule has 0 aliphatic rings. The molecule has 0 fully saturated rings. The first-order chi connectivity index (χ1) is 8.02. The monoisotopic (exact) mass is 242 g/mol. The van der Waals surface area contributed by atoms with E-state index in [1.807, 2.05) is 0 Å². The van der Waals surface area contributed by atoms with Gasteiger partial charge in [0, 0.05) is 6.07 Å². The number of rotatable bonds is 4. The zero-order chi connectivity index (χ0) is 12.8. The van der Waals surface area contributed by atoms with Crippen molar-refractivity contribution >= 4 is 17.4 Å². The van der Waals surface area contributed by atoms with Gasteiger partial charge < -0.3 is 4.74 Å². The van der Waals surface area contributed by atoms with E-state index in [9.17, 15) is 13.6 Å². The van der Waals surface area contributed by atoms with Crippen LogP contribution in [-0.2, 0) is 9.53 Å². The van der Waals surface area contributed by atoms with E-state index < -0.39 is 17.6 Å². The van der Waals surface area contributed by atoms with E-state index in [2.05, 4.69) is 15.3 Å². The van der Waals surface area contributed by atoms with Crippen LogP contribution in [0.2, 0.25) is 0 Å². The Morgan fingerprint density at radius 3 is 2.47 bits per heavy atom. The van der Waals surface area contributed by atoms with Gasteiger partial charge in [0.15, 0.2) is 0 Å². The second-order valence-corrected chi connectivity index (χ2v) is 3.19. The fourth-order valence-corrected chi connectivity index (χ4v) is 1.05. The molecule has 0 aliphatic heterocycles. The zero-order valence-electron chi connectivity index (χ0n) is 9.46. The number of ether oxygens (including phenoxy) is 1. The molecular formula is C11H12F2N2O2. The van der Waals surface area contributed by atoms with Crippen LogP contribution in [0.3, 0.4) is 0 Å². The van der Waals surface area contributed by atoms with Gasteiger partial charge in [-0.25, -0.2) is 13.6 Å². The molecule has 92 valence electrons. The Kier molecular flexibility index (Phi) is 4.56. The number of benzene rings is 1. The SMILES string of the molecule is CCOC(=O)C(C)=NNc1cc(F)cc(F)c1. The molecule has 0 saturated carbocycles. The lowest BCUT2D eigenvalue weighted by atomic mass is 10.3. The summed E-state index contributed by atoms with van der Waals surface area (Å²) < 4.78 is 30.3. The second kappa shape index (κ2) is 5.93. The number of halogens is 2. The van der Waals surface area contributed by atoms with Crippen molar-refractivity contribution in [1.29, 1.82) is 0 Å². The maximum atomic E-state index is 12.8. The molecule has 1 aromatic carbocycles. The molecule has 0 unspecified atom stereocenters. The summed E-state index contributed by atoms with van der Waals surface area (Å²) in [7, 11) is 0. The van der Waals surface area contributed by atoms with Gasteiger partial charge in [-0.05, 0) is 26.0 Å². The summed E-state index contributed by atoms with van der Waals surface area (Å²) in [4.78, 5) is 11.2. The topological polar surface area (TPSA) is 50.7 Å². The predicted octanol–water partition coefficient (Wildman–Crippen LogP) is 2.32. The van der Waals surface area contributed by atoms with E-state index >= 15 is 0 Å². The fraction of sp³-hybridized carbons (Fsp3) is 0.273. The van der Waals surface area contributed by atoms with E-state index in [-0.39, 0.29) is 18.0 Å². The van der Waals surface area contributed by atoms with Gasteiger partial charge in [0.2, 0.25) is 0 Å². The first-order valence-corrected chi connectivity index (χ1v) is 4.96. The van der Waals surface area contributed by atoms with Gasteiger partial charge in [-0.3, -0.25) is 5.43 Å². The van der Waals surface area contributed by atoms with Gasteiger partial charge in [0.1, 0.15) is 17.3 Å². The highest BCUT2D eigenvalue weighted by Crippen LogP contribution is 2.12. The van der Waals surface area contributed by atoms with E-state index in [0.29, 0.717) is 0 Å². The molecule has 1 rings (SSSR count). The molecule has 0 heterocycles. The average molecular weight is 242 g/mol. The zero-order valence-corrected chi connectivity index (χ0v) is 9.46. The fourth-order valence-electron chi connectivity index (χ4n) is 1.05. The molecule has 0 saturated heterocycles.